The van der Waals surface area contributed by atoms with Crippen molar-refractivity contribution in [2.24, 2.45) is 0 Å². The summed E-state index contributed by atoms with van der Waals surface area (Å²) in [6.45, 7) is 2.14. The summed E-state index contributed by atoms with van der Waals surface area (Å²) in [6.07, 6.45) is 0. The Hall–Kier alpha value is -2.22. The predicted molar refractivity (Wildman–Crippen MR) is 106 cm³/mol. The molecule has 1 N–H and O–H groups in total. The number of nitrogens with one attached hydrogen (secondary N) is 1. The van der Waals surface area contributed by atoms with Crippen molar-refractivity contribution < 1.29 is 13.9 Å². The molecule has 0 atom stereocenters. The van der Waals surface area contributed by atoms with Gasteiger partial charge in [-0.3, -0.25) is 4.79 Å². The van der Waals surface area contributed by atoms with Crippen molar-refractivity contribution in [1.82, 2.24) is 10.2 Å². The summed E-state index contributed by atoms with van der Waals surface area (Å²) in [4.78, 5) is 12.0. The number of carbonyl (C=O) groups is 1. The number of thioether (sulfide) groups is 1. The number of aromatic nitrogens is 2. The molecule has 0 aliphatic heterocycles. The van der Waals surface area contributed by atoms with Crippen LogP contribution in [0.4, 0.5) is 5.69 Å². The fourth-order valence-electron chi connectivity index (χ4n) is 2.16. The first kappa shape index (κ1) is 19.5. The molecule has 0 aliphatic rings. The third-order valence-electron chi connectivity index (χ3n) is 3.27. The van der Waals surface area contributed by atoms with Gasteiger partial charge in [0.25, 0.3) is 11.1 Å². The second-order valence-corrected chi connectivity index (χ2v) is 7.36. The van der Waals surface area contributed by atoms with Gasteiger partial charge in [0.15, 0.2) is 6.61 Å². The lowest BCUT2D eigenvalue weighted by Gasteiger charge is -2.05. The van der Waals surface area contributed by atoms with Gasteiger partial charge in [-0.15, -0.1) is 10.2 Å². The zero-order valence-electron chi connectivity index (χ0n) is 14.2. The maximum atomic E-state index is 12.0. The van der Waals surface area contributed by atoms with Crippen molar-refractivity contribution in [3.63, 3.8) is 0 Å². The van der Waals surface area contributed by atoms with Gasteiger partial charge in [0.05, 0.1) is 5.75 Å². The van der Waals surface area contributed by atoms with E-state index >= 15 is 0 Å². The minimum atomic E-state index is -0.242. The van der Waals surface area contributed by atoms with E-state index in [-0.39, 0.29) is 23.5 Å². The lowest BCUT2D eigenvalue weighted by atomic mass is 10.2. The third-order valence-corrected chi connectivity index (χ3v) is 4.53. The second-order valence-electron chi connectivity index (χ2n) is 5.56. The number of benzene rings is 2. The number of hydrogen-bond donors (Lipinski definition) is 1. The number of carbonyl (C=O) groups excluding carboxylic acids is 1. The van der Waals surface area contributed by atoms with Crippen LogP contribution in [0.1, 0.15) is 11.5 Å². The molecule has 6 nitrogen and oxygen atoms in total. The maximum Gasteiger partial charge on any atom is 0.277 e. The fraction of sp³-hybridized carbons (Fsp3) is 0.167. The molecule has 0 spiro atoms. The average Bonchev–Trinajstić information content (AvgIpc) is 3.05. The minimum absolute atomic E-state index is 0.102. The van der Waals surface area contributed by atoms with Crippen LogP contribution in [0.5, 0.6) is 5.75 Å². The van der Waals surface area contributed by atoms with Gasteiger partial charge in [-0.05, 0) is 42.8 Å². The van der Waals surface area contributed by atoms with Crippen LogP contribution in [0, 0.1) is 6.92 Å². The van der Waals surface area contributed by atoms with Crippen molar-refractivity contribution in [3.8, 4) is 5.75 Å². The monoisotopic (exact) mass is 423 g/mol. The quantitative estimate of drug-likeness (QED) is 0.539. The zero-order chi connectivity index (χ0) is 19.2. The molecule has 9 heteroatoms. The Bertz CT molecular complexity index is 929. The molecule has 0 bridgehead atoms. The molecule has 0 saturated carbocycles. The first-order chi connectivity index (χ1) is 13.0. The summed E-state index contributed by atoms with van der Waals surface area (Å²) < 4.78 is 11.1. The first-order valence-corrected chi connectivity index (χ1v) is 9.63. The fourth-order valence-corrected chi connectivity index (χ4v) is 3.26. The van der Waals surface area contributed by atoms with Crippen LogP contribution in [0.15, 0.2) is 52.1 Å². The molecule has 27 heavy (non-hydrogen) atoms. The number of aryl methyl sites for hydroxylation is 1. The molecule has 2 aromatic carbocycles. The van der Waals surface area contributed by atoms with Crippen molar-refractivity contribution >= 4 is 46.6 Å². The maximum absolute atomic E-state index is 12.0. The Balaban J connectivity index is 1.48. The number of nitrogens with zero attached hydrogens (tertiary/aromatic N) is 2. The summed E-state index contributed by atoms with van der Waals surface area (Å²) in [6, 6.07) is 12.5. The van der Waals surface area contributed by atoms with E-state index in [0.29, 0.717) is 21.6 Å². The number of amides is 1. The van der Waals surface area contributed by atoms with E-state index in [4.69, 9.17) is 32.4 Å². The number of halogens is 2. The number of hydrogen-bond acceptors (Lipinski definition) is 6. The third kappa shape index (κ3) is 6.16. The van der Waals surface area contributed by atoms with Gasteiger partial charge in [0, 0.05) is 15.7 Å². The molecule has 1 amide bonds. The highest BCUT2D eigenvalue weighted by atomic mass is 35.5. The van der Waals surface area contributed by atoms with Gasteiger partial charge in [0.1, 0.15) is 5.75 Å². The van der Waals surface area contributed by atoms with Crippen LogP contribution < -0.4 is 10.1 Å². The summed E-state index contributed by atoms with van der Waals surface area (Å²) in [5.41, 5.74) is 1.62. The van der Waals surface area contributed by atoms with Gasteiger partial charge in [-0.2, -0.15) is 0 Å². The van der Waals surface area contributed by atoms with E-state index in [1.54, 1.807) is 18.2 Å². The molecular formula is C18H15Cl2N3O3S. The number of anilines is 1. The number of ether oxygens (including phenoxy) is 1. The lowest BCUT2D eigenvalue weighted by molar-refractivity contribution is -0.113. The van der Waals surface area contributed by atoms with Crippen molar-refractivity contribution in [2.75, 3.05) is 11.1 Å². The van der Waals surface area contributed by atoms with Gasteiger partial charge in [-0.1, -0.05) is 47.1 Å². The highest BCUT2D eigenvalue weighted by Gasteiger charge is 2.11. The van der Waals surface area contributed by atoms with Crippen LogP contribution in [-0.2, 0) is 11.4 Å². The molecule has 0 fully saturated rings. The van der Waals surface area contributed by atoms with Crippen molar-refractivity contribution in [1.29, 1.82) is 0 Å². The Morgan fingerprint density at radius 2 is 1.96 bits per heavy atom. The van der Waals surface area contributed by atoms with E-state index in [1.807, 2.05) is 31.2 Å². The molecular weight excluding hydrogens is 409 g/mol. The summed E-state index contributed by atoms with van der Waals surface area (Å²) in [5.74, 6) is 0.918. The van der Waals surface area contributed by atoms with Gasteiger partial charge < -0.3 is 14.5 Å². The summed E-state index contributed by atoms with van der Waals surface area (Å²) in [7, 11) is 0. The largest absolute Gasteiger partial charge is 0.484 e. The molecule has 1 heterocycles. The smallest absolute Gasteiger partial charge is 0.277 e. The minimum Gasteiger partial charge on any atom is -0.484 e. The van der Waals surface area contributed by atoms with E-state index in [9.17, 15) is 4.79 Å². The van der Waals surface area contributed by atoms with Crippen molar-refractivity contribution in [3.05, 3.63) is 64.0 Å². The molecule has 3 aromatic rings. The summed E-state index contributed by atoms with van der Waals surface area (Å²) in [5, 5.41) is 11.7. The molecule has 0 unspecified atom stereocenters. The Morgan fingerprint density at radius 3 is 2.70 bits per heavy atom. The van der Waals surface area contributed by atoms with Gasteiger partial charge in [-0.25, -0.2) is 0 Å². The molecule has 3 rings (SSSR count). The topological polar surface area (TPSA) is 77.2 Å². The number of rotatable bonds is 7. The Kier molecular flexibility index (Phi) is 6.60. The average molecular weight is 424 g/mol. The van der Waals surface area contributed by atoms with Crippen LogP contribution in [0.2, 0.25) is 10.0 Å². The molecule has 0 radical (unpaired) electrons. The van der Waals surface area contributed by atoms with Crippen LogP contribution in [0.25, 0.3) is 0 Å². The zero-order valence-corrected chi connectivity index (χ0v) is 16.6. The second kappa shape index (κ2) is 9.12. The predicted octanol–water partition coefficient (Wildman–Crippen LogP) is 4.99. The molecule has 140 valence electrons. The van der Waals surface area contributed by atoms with E-state index in [1.165, 1.54) is 0 Å². The highest BCUT2D eigenvalue weighted by Crippen LogP contribution is 2.23. The molecule has 0 saturated heterocycles. The Morgan fingerprint density at radius 1 is 1.19 bits per heavy atom. The normalized spacial score (nSPS) is 10.6. The highest BCUT2D eigenvalue weighted by molar-refractivity contribution is 7.99. The van der Waals surface area contributed by atoms with Gasteiger partial charge >= 0.3 is 0 Å². The van der Waals surface area contributed by atoms with Gasteiger partial charge in [0.2, 0.25) is 5.91 Å². The standard InChI is InChI=1S/C18H15Cl2N3O3S/c1-11-3-2-4-15(5-11)25-9-17-22-23-18(26-17)27-10-16(24)21-14-7-12(19)6-13(20)8-14/h2-8H,9-10H2,1H3,(H,21,24). The van der Waals surface area contributed by atoms with E-state index in [2.05, 4.69) is 15.5 Å². The summed E-state index contributed by atoms with van der Waals surface area (Å²) >= 11 is 12.9. The SMILES string of the molecule is Cc1cccc(OCc2nnc(SCC(=O)Nc3cc(Cl)cc(Cl)c3)o2)c1. The van der Waals surface area contributed by atoms with Crippen LogP contribution in [0.3, 0.4) is 0 Å². The van der Waals surface area contributed by atoms with E-state index < -0.39 is 0 Å². The van der Waals surface area contributed by atoms with Crippen molar-refractivity contribution in [2.45, 2.75) is 18.8 Å². The van der Waals surface area contributed by atoms with E-state index in [0.717, 1.165) is 23.1 Å². The van der Waals surface area contributed by atoms with Crippen LogP contribution in [-0.4, -0.2) is 21.9 Å². The molecule has 0 aliphatic carbocycles. The first-order valence-electron chi connectivity index (χ1n) is 7.88. The Labute approximate surface area is 170 Å². The lowest BCUT2D eigenvalue weighted by Crippen LogP contribution is -2.13. The van der Waals surface area contributed by atoms with Crippen LogP contribution >= 0.6 is 35.0 Å². The molecule has 1 aromatic heterocycles.